The molecule has 17 heavy (non-hydrogen) atoms. The topological polar surface area (TPSA) is 54.3 Å². The highest BCUT2D eigenvalue weighted by Crippen LogP contribution is 2.25. The Balaban J connectivity index is 2.04. The van der Waals surface area contributed by atoms with Gasteiger partial charge in [-0.15, -0.1) is 0 Å². The minimum atomic E-state index is -0.0362. The fourth-order valence-electron chi connectivity index (χ4n) is 2.53. The van der Waals surface area contributed by atoms with Gasteiger partial charge in [-0.1, -0.05) is 6.42 Å². The van der Waals surface area contributed by atoms with Gasteiger partial charge in [-0.25, -0.2) is 0 Å². The predicted octanol–water partition coefficient (Wildman–Crippen LogP) is 1.22. The van der Waals surface area contributed by atoms with Gasteiger partial charge in [-0.2, -0.15) is 0 Å². The second-order valence-corrected chi connectivity index (χ2v) is 4.87. The van der Waals surface area contributed by atoms with Gasteiger partial charge in [0.25, 0.3) is 5.91 Å². The van der Waals surface area contributed by atoms with Crippen LogP contribution in [0, 0.1) is 12.8 Å². The molecular formula is C13H20N2O2. The maximum atomic E-state index is 12.1. The summed E-state index contributed by atoms with van der Waals surface area (Å²) in [6.07, 6.45) is 3.07. The van der Waals surface area contributed by atoms with Crippen LogP contribution < -0.4 is 5.32 Å². The van der Waals surface area contributed by atoms with Crippen LogP contribution in [0.2, 0.25) is 0 Å². The number of aliphatic hydroxyl groups is 1. The van der Waals surface area contributed by atoms with Gasteiger partial charge in [0.2, 0.25) is 0 Å². The Kier molecular flexibility index (Phi) is 3.52. The monoisotopic (exact) mass is 236 g/mol. The summed E-state index contributed by atoms with van der Waals surface area (Å²) < 4.78 is 1.89. The Morgan fingerprint density at radius 2 is 2.29 bits per heavy atom. The largest absolute Gasteiger partial charge is 0.396 e. The zero-order chi connectivity index (χ0) is 12.4. The molecule has 1 aromatic rings. The van der Waals surface area contributed by atoms with E-state index >= 15 is 0 Å². The van der Waals surface area contributed by atoms with Crippen LogP contribution in [0.3, 0.4) is 0 Å². The lowest BCUT2D eigenvalue weighted by molar-refractivity contribution is 0.0907. The van der Waals surface area contributed by atoms with Crippen LogP contribution in [0.15, 0.2) is 12.1 Å². The zero-order valence-corrected chi connectivity index (χ0v) is 10.4. The molecule has 2 rings (SSSR count). The van der Waals surface area contributed by atoms with Crippen molar-refractivity contribution in [1.29, 1.82) is 0 Å². The number of amides is 1. The number of aliphatic hydroxyl groups excluding tert-OH is 1. The predicted molar refractivity (Wildman–Crippen MR) is 65.8 cm³/mol. The number of aryl methyl sites for hydroxylation is 1. The van der Waals surface area contributed by atoms with Crippen LogP contribution in [0.4, 0.5) is 0 Å². The summed E-state index contributed by atoms with van der Waals surface area (Å²) in [6, 6.07) is 3.91. The van der Waals surface area contributed by atoms with Crippen molar-refractivity contribution in [2.45, 2.75) is 32.2 Å². The van der Waals surface area contributed by atoms with Crippen molar-refractivity contribution in [3.05, 3.63) is 23.5 Å². The molecule has 94 valence electrons. The van der Waals surface area contributed by atoms with Crippen LogP contribution >= 0.6 is 0 Å². The van der Waals surface area contributed by atoms with Gasteiger partial charge in [-0.3, -0.25) is 4.79 Å². The first-order valence-electron chi connectivity index (χ1n) is 6.17. The number of nitrogens with zero attached hydrogens (tertiary/aromatic N) is 1. The van der Waals surface area contributed by atoms with Crippen LogP contribution in [-0.2, 0) is 7.05 Å². The molecule has 1 aliphatic rings. The molecule has 2 unspecified atom stereocenters. The second-order valence-electron chi connectivity index (χ2n) is 4.87. The van der Waals surface area contributed by atoms with Gasteiger partial charge in [0, 0.05) is 31.3 Å². The quantitative estimate of drug-likeness (QED) is 0.829. The van der Waals surface area contributed by atoms with Gasteiger partial charge in [0.15, 0.2) is 0 Å². The Morgan fingerprint density at radius 3 is 2.88 bits per heavy atom. The van der Waals surface area contributed by atoms with Crippen molar-refractivity contribution in [3.63, 3.8) is 0 Å². The van der Waals surface area contributed by atoms with E-state index in [1.807, 2.05) is 30.7 Å². The molecule has 0 aromatic carbocycles. The maximum absolute atomic E-state index is 12.1. The summed E-state index contributed by atoms with van der Waals surface area (Å²) in [6.45, 7) is 2.14. The first kappa shape index (κ1) is 12.2. The van der Waals surface area contributed by atoms with Gasteiger partial charge in [-0.05, 0) is 31.9 Å². The molecule has 1 amide bonds. The molecule has 4 nitrogen and oxygen atoms in total. The third-order valence-electron chi connectivity index (χ3n) is 3.82. The summed E-state index contributed by atoms with van der Waals surface area (Å²) in [4.78, 5) is 12.1. The number of carbonyl (C=O) groups is 1. The molecule has 0 radical (unpaired) electrons. The van der Waals surface area contributed by atoms with E-state index in [9.17, 15) is 9.90 Å². The highest BCUT2D eigenvalue weighted by molar-refractivity contribution is 5.93. The van der Waals surface area contributed by atoms with Crippen LogP contribution in [-0.4, -0.2) is 28.2 Å². The minimum absolute atomic E-state index is 0.0362. The number of rotatable bonds is 3. The second kappa shape index (κ2) is 4.92. The Morgan fingerprint density at radius 1 is 1.53 bits per heavy atom. The molecule has 1 saturated carbocycles. The number of nitrogens with one attached hydrogen (secondary N) is 1. The maximum Gasteiger partial charge on any atom is 0.268 e. The summed E-state index contributed by atoms with van der Waals surface area (Å²) in [5.74, 6) is 0.186. The van der Waals surface area contributed by atoms with E-state index in [0.29, 0.717) is 5.69 Å². The minimum Gasteiger partial charge on any atom is -0.396 e. The fraction of sp³-hybridized carbons (Fsp3) is 0.615. The van der Waals surface area contributed by atoms with E-state index in [2.05, 4.69) is 5.32 Å². The molecule has 0 spiro atoms. The van der Waals surface area contributed by atoms with Crippen LogP contribution in [0.25, 0.3) is 0 Å². The van der Waals surface area contributed by atoms with Gasteiger partial charge in [0.1, 0.15) is 5.69 Å². The SMILES string of the molecule is Cc1ccc(C(=O)NC2CCCC2CO)n1C. The molecule has 2 atom stereocenters. The number of aromatic nitrogens is 1. The molecule has 4 heteroatoms. The summed E-state index contributed by atoms with van der Waals surface area (Å²) >= 11 is 0. The molecule has 1 aliphatic carbocycles. The van der Waals surface area contributed by atoms with Crippen molar-refractivity contribution in [2.75, 3.05) is 6.61 Å². The normalized spacial score (nSPS) is 23.9. The zero-order valence-electron chi connectivity index (χ0n) is 10.4. The molecule has 0 bridgehead atoms. The molecule has 0 saturated heterocycles. The first-order valence-corrected chi connectivity index (χ1v) is 6.17. The third kappa shape index (κ3) is 2.36. The van der Waals surface area contributed by atoms with Crippen LogP contribution in [0.5, 0.6) is 0 Å². The number of carbonyl (C=O) groups excluding carboxylic acids is 1. The van der Waals surface area contributed by atoms with Crippen LogP contribution in [0.1, 0.15) is 35.4 Å². The Hall–Kier alpha value is -1.29. The molecule has 1 fully saturated rings. The molecule has 2 N–H and O–H groups in total. The standard InChI is InChI=1S/C13H20N2O2/c1-9-6-7-12(15(9)2)13(17)14-11-5-3-4-10(11)8-16/h6-7,10-11,16H,3-5,8H2,1-2H3,(H,14,17). The third-order valence-corrected chi connectivity index (χ3v) is 3.82. The number of hydrogen-bond donors (Lipinski definition) is 2. The van der Waals surface area contributed by atoms with Crippen molar-refractivity contribution < 1.29 is 9.90 Å². The smallest absolute Gasteiger partial charge is 0.268 e. The van der Waals surface area contributed by atoms with Crippen molar-refractivity contribution in [1.82, 2.24) is 9.88 Å². The lowest BCUT2D eigenvalue weighted by Crippen LogP contribution is -2.39. The van der Waals surface area contributed by atoms with Gasteiger partial charge >= 0.3 is 0 Å². The lowest BCUT2D eigenvalue weighted by atomic mass is 10.1. The molecule has 1 aromatic heterocycles. The highest BCUT2D eigenvalue weighted by Gasteiger charge is 2.28. The van der Waals surface area contributed by atoms with E-state index < -0.39 is 0 Å². The molecular weight excluding hydrogens is 216 g/mol. The van der Waals surface area contributed by atoms with Crippen molar-refractivity contribution in [3.8, 4) is 0 Å². The first-order chi connectivity index (χ1) is 8.13. The summed E-state index contributed by atoms with van der Waals surface area (Å²) in [5.41, 5.74) is 1.76. The van der Waals surface area contributed by atoms with E-state index in [1.165, 1.54) is 0 Å². The average Bonchev–Trinajstić information content (AvgIpc) is 2.87. The van der Waals surface area contributed by atoms with E-state index in [-0.39, 0.29) is 24.5 Å². The number of hydrogen-bond acceptors (Lipinski definition) is 2. The van der Waals surface area contributed by atoms with Crippen molar-refractivity contribution in [2.24, 2.45) is 13.0 Å². The van der Waals surface area contributed by atoms with Gasteiger partial charge in [0.05, 0.1) is 0 Å². The van der Waals surface area contributed by atoms with E-state index in [1.54, 1.807) is 0 Å². The van der Waals surface area contributed by atoms with E-state index in [0.717, 1.165) is 25.0 Å². The van der Waals surface area contributed by atoms with Crippen molar-refractivity contribution >= 4 is 5.91 Å². The average molecular weight is 236 g/mol. The Bertz CT molecular complexity index is 412. The van der Waals surface area contributed by atoms with E-state index in [4.69, 9.17) is 0 Å². The Labute approximate surface area is 102 Å². The lowest BCUT2D eigenvalue weighted by Gasteiger charge is -2.19. The molecule has 0 aliphatic heterocycles. The summed E-state index contributed by atoms with van der Waals surface area (Å²) in [7, 11) is 1.89. The summed E-state index contributed by atoms with van der Waals surface area (Å²) in [5, 5.41) is 12.3. The highest BCUT2D eigenvalue weighted by atomic mass is 16.3. The molecule has 1 heterocycles. The fourth-order valence-corrected chi connectivity index (χ4v) is 2.53. The van der Waals surface area contributed by atoms with Gasteiger partial charge < -0.3 is 15.0 Å².